The van der Waals surface area contributed by atoms with E-state index in [9.17, 15) is 0 Å². The second kappa shape index (κ2) is 7.49. The van der Waals surface area contributed by atoms with Crippen LogP contribution in [-0.2, 0) is 17.9 Å². The summed E-state index contributed by atoms with van der Waals surface area (Å²) in [6, 6.07) is 0. The maximum atomic E-state index is 8.39. The molecule has 0 saturated heterocycles. The fourth-order valence-corrected chi connectivity index (χ4v) is 2.78. The average molecular weight is 317 g/mol. The molecule has 20 heavy (non-hydrogen) atoms. The lowest BCUT2D eigenvalue weighted by Crippen LogP contribution is -3.00. The highest BCUT2D eigenvalue weighted by molar-refractivity contribution is 7.09. The SMILES string of the molecule is Cc1ncc(C[n+]2csc(CCOO)c2C)c(N)n1.[Cl-]. The van der Waals surface area contributed by atoms with Gasteiger partial charge in [-0.3, -0.25) is 5.26 Å². The maximum Gasteiger partial charge on any atom is 0.225 e. The van der Waals surface area contributed by atoms with E-state index in [2.05, 4.69) is 19.4 Å². The zero-order chi connectivity index (χ0) is 13.8. The molecule has 6 nitrogen and oxygen atoms in total. The molecule has 0 aliphatic heterocycles. The zero-order valence-corrected chi connectivity index (χ0v) is 12.9. The Morgan fingerprint density at radius 3 is 2.85 bits per heavy atom. The molecule has 110 valence electrons. The smallest absolute Gasteiger partial charge is 0.225 e. The van der Waals surface area contributed by atoms with Gasteiger partial charge in [-0.1, -0.05) is 11.3 Å². The number of nitrogen functional groups attached to an aromatic ring is 1. The van der Waals surface area contributed by atoms with Gasteiger partial charge in [0.25, 0.3) is 0 Å². The van der Waals surface area contributed by atoms with Gasteiger partial charge in [0.1, 0.15) is 11.6 Å². The molecule has 8 heteroatoms. The van der Waals surface area contributed by atoms with Crippen LogP contribution in [0.15, 0.2) is 11.7 Å². The summed E-state index contributed by atoms with van der Waals surface area (Å²) in [4.78, 5) is 13.6. The largest absolute Gasteiger partial charge is 1.00 e. The Labute approximate surface area is 127 Å². The van der Waals surface area contributed by atoms with Crippen LogP contribution in [0.4, 0.5) is 5.82 Å². The van der Waals surface area contributed by atoms with E-state index in [4.69, 9.17) is 11.0 Å². The number of hydrogen-bond donors (Lipinski definition) is 2. The third-order valence-corrected chi connectivity index (χ3v) is 4.08. The van der Waals surface area contributed by atoms with Gasteiger partial charge in [-0.05, 0) is 6.92 Å². The first-order valence-electron chi connectivity index (χ1n) is 5.92. The first kappa shape index (κ1) is 16.8. The molecule has 0 amide bonds. The van der Waals surface area contributed by atoms with Gasteiger partial charge in [-0.25, -0.2) is 14.9 Å². The highest BCUT2D eigenvalue weighted by atomic mass is 35.5. The minimum absolute atomic E-state index is 0. The van der Waals surface area contributed by atoms with Crippen molar-refractivity contribution >= 4 is 17.2 Å². The molecule has 0 unspecified atom stereocenters. The number of nitrogens with zero attached hydrogens (tertiary/aromatic N) is 3. The number of nitrogens with two attached hydrogens (primary N) is 1. The summed E-state index contributed by atoms with van der Waals surface area (Å²) in [5.41, 5.74) is 9.97. The first-order chi connectivity index (χ1) is 9.11. The Kier molecular flexibility index (Phi) is 6.28. The van der Waals surface area contributed by atoms with Crippen LogP contribution in [0.25, 0.3) is 0 Å². The zero-order valence-electron chi connectivity index (χ0n) is 11.3. The van der Waals surface area contributed by atoms with E-state index in [0.29, 0.717) is 31.2 Å². The molecular formula is C12H17ClN4O2S. The minimum Gasteiger partial charge on any atom is -1.00 e. The number of hydrogen-bond acceptors (Lipinski definition) is 6. The van der Waals surface area contributed by atoms with Crippen molar-refractivity contribution < 1.29 is 27.1 Å². The molecule has 3 N–H and O–H groups in total. The fraction of sp³-hybridized carbons (Fsp3) is 0.417. The molecule has 0 atom stereocenters. The van der Waals surface area contributed by atoms with E-state index >= 15 is 0 Å². The third-order valence-electron chi connectivity index (χ3n) is 2.94. The summed E-state index contributed by atoms with van der Waals surface area (Å²) in [5, 5.41) is 8.39. The first-order valence-corrected chi connectivity index (χ1v) is 6.80. The quantitative estimate of drug-likeness (QED) is 0.383. The summed E-state index contributed by atoms with van der Waals surface area (Å²) in [6.07, 6.45) is 2.46. The van der Waals surface area contributed by atoms with Crippen molar-refractivity contribution in [1.82, 2.24) is 9.97 Å². The van der Waals surface area contributed by atoms with Crippen molar-refractivity contribution in [3.05, 3.63) is 33.7 Å². The van der Waals surface area contributed by atoms with E-state index in [1.54, 1.807) is 17.5 Å². The van der Waals surface area contributed by atoms with Crippen molar-refractivity contribution in [2.24, 2.45) is 0 Å². The number of anilines is 1. The summed E-state index contributed by atoms with van der Waals surface area (Å²) in [5.74, 6) is 1.19. The molecule has 0 spiro atoms. The summed E-state index contributed by atoms with van der Waals surface area (Å²) in [7, 11) is 0. The predicted molar refractivity (Wildman–Crippen MR) is 71.8 cm³/mol. The van der Waals surface area contributed by atoms with Crippen LogP contribution in [-0.4, -0.2) is 21.8 Å². The van der Waals surface area contributed by atoms with Crippen molar-refractivity contribution in [2.75, 3.05) is 12.3 Å². The summed E-state index contributed by atoms with van der Waals surface area (Å²) < 4.78 is 2.10. The molecule has 0 saturated carbocycles. The van der Waals surface area contributed by atoms with E-state index in [-0.39, 0.29) is 12.4 Å². The molecule has 2 aromatic rings. The average Bonchev–Trinajstić information content (AvgIpc) is 2.72. The molecule has 0 radical (unpaired) electrons. The van der Waals surface area contributed by atoms with Gasteiger partial charge in [0, 0.05) is 19.5 Å². The van der Waals surface area contributed by atoms with Gasteiger partial charge >= 0.3 is 0 Å². The second-order valence-electron chi connectivity index (χ2n) is 4.27. The van der Waals surface area contributed by atoms with Crippen molar-refractivity contribution in [3.8, 4) is 0 Å². The van der Waals surface area contributed by atoms with Gasteiger partial charge < -0.3 is 18.1 Å². The maximum absolute atomic E-state index is 8.39. The van der Waals surface area contributed by atoms with E-state index in [0.717, 1.165) is 11.3 Å². The highest BCUT2D eigenvalue weighted by Gasteiger charge is 2.17. The summed E-state index contributed by atoms with van der Waals surface area (Å²) >= 11 is 1.63. The number of aryl methyl sites for hydroxylation is 1. The Morgan fingerprint density at radius 2 is 2.20 bits per heavy atom. The molecule has 0 aromatic carbocycles. The van der Waals surface area contributed by atoms with Gasteiger partial charge in [-0.15, -0.1) is 0 Å². The van der Waals surface area contributed by atoms with Gasteiger partial charge in [-0.2, -0.15) is 4.57 Å². The fourth-order valence-electron chi connectivity index (χ4n) is 1.80. The number of rotatable bonds is 5. The standard InChI is InChI=1S/C12H16N4O2S.ClH/c1-8-11(3-4-18-17)19-7-16(8)6-10-5-14-9(2)15-12(10)13;/h5,7H,3-4,6H2,1-2H3,(H2-,13,14,15,17);1H. The Hall–Kier alpha value is -1.28. The van der Waals surface area contributed by atoms with Crippen LogP contribution in [0.1, 0.15) is 22.0 Å². The molecule has 0 bridgehead atoms. The Bertz CT molecular complexity index is 577. The predicted octanol–water partition coefficient (Wildman–Crippen LogP) is -1.89. The lowest BCUT2D eigenvalue weighted by Gasteiger charge is -2.02. The lowest BCUT2D eigenvalue weighted by atomic mass is 10.2. The Morgan fingerprint density at radius 1 is 1.45 bits per heavy atom. The number of thiazole rings is 1. The van der Waals surface area contributed by atoms with Gasteiger partial charge in [0.2, 0.25) is 5.51 Å². The van der Waals surface area contributed by atoms with Crippen molar-refractivity contribution in [2.45, 2.75) is 26.8 Å². The van der Waals surface area contributed by atoms with E-state index in [1.165, 1.54) is 4.88 Å². The van der Waals surface area contributed by atoms with Crippen LogP contribution in [0.2, 0.25) is 0 Å². The van der Waals surface area contributed by atoms with Crippen LogP contribution < -0.4 is 22.7 Å². The van der Waals surface area contributed by atoms with E-state index in [1.807, 2.05) is 19.4 Å². The van der Waals surface area contributed by atoms with Gasteiger partial charge in [0.15, 0.2) is 12.2 Å². The molecule has 2 rings (SSSR count). The summed E-state index contributed by atoms with van der Waals surface area (Å²) in [6.45, 7) is 4.80. The molecule has 0 aliphatic rings. The lowest BCUT2D eigenvalue weighted by molar-refractivity contribution is -0.689. The minimum atomic E-state index is 0. The van der Waals surface area contributed by atoms with E-state index < -0.39 is 0 Å². The Balaban J connectivity index is 0.00000200. The molecule has 0 fully saturated rings. The van der Waals surface area contributed by atoms with Gasteiger partial charge in [0.05, 0.1) is 17.0 Å². The number of halogens is 1. The topological polar surface area (TPSA) is 85.1 Å². The monoisotopic (exact) mass is 316 g/mol. The second-order valence-corrected chi connectivity index (χ2v) is 5.21. The molecule has 2 heterocycles. The number of aromatic nitrogens is 3. The molecular weight excluding hydrogens is 300 g/mol. The van der Waals surface area contributed by atoms with Crippen LogP contribution in [0, 0.1) is 13.8 Å². The normalized spacial score (nSPS) is 10.3. The third kappa shape index (κ3) is 3.86. The van der Waals surface area contributed by atoms with Crippen LogP contribution in [0.3, 0.4) is 0 Å². The van der Waals surface area contributed by atoms with Crippen molar-refractivity contribution in [3.63, 3.8) is 0 Å². The molecule has 0 aliphatic carbocycles. The van der Waals surface area contributed by atoms with Crippen molar-refractivity contribution in [1.29, 1.82) is 0 Å². The van der Waals surface area contributed by atoms with Crippen LogP contribution in [0.5, 0.6) is 0 Å². The van der Waals surface area contributed by atoms with Crippen LogP contribution >= 0.6 is 11.3 Å². The molecule has 2 aromatic heterocycles. The highest BCUT2D eigenvalue weighted by Crippen LogP contribution is 2.14.